The lowest BCUT2D eigenvalue weighted by Crippen LogP contribution is -2.19. The van der Waals surface area contributed by atoms with Gasteiger partial charge < -0.3 is 19.9 Å². The molecule has 2 rings (SSSR count). The van der Waals surface area contributed by atoms with Gasteiger partial charge in [-0.1, -0.05) is 0 Å². The first-order chi connectivity index (χ1) is 8.61. The van der Waals surface area contributed by atoms with Crippen LogP contribution in [0, 0.1) is 0 Å². The molecule has 1 aliphatic heterocycles. The molecule has 0 radical (unpaired) electrons. The van der Waals surface area contributed by atoms with Crippen molar-refractivity contribution in [2.75, 3.05) is 20.3 Å². The fourth-order valence-electron chi connectivity index (χ4n) is 1.73. The number of ether oxygens (including phenoxy) is 3. The van der Waals surface area contributed by atoms with Crippen LogP contribution in [0.1, 0.15) is 18.0 Å². The highest BCUT2D eigenvalue weighted by molar-refractivity contribution is 9.10. The van der Waals surface area contributed by atoms with E-state index in [2.05, 4.69) is 20.7 Å². The van der Waals surface area contributed by atoms with Crippen molar-refractivity contribution in [1.82, 2.24) is 0 Å². The zero-order valence-corrected chi connectivity index (χ0v) is 11.5. The van der Waals surface area contributed by atoms with Gasteiger partial charge in [0.25, 0.3) is 0 Å². The highest BCUT2D eigenvalue weighted by atomic mass is 79.9. The Balaban J connectivity index is 2.23. The van der Waals surface area contributed by atoms with Crippen LogP contribution in [0.2, 0.25) is 0 Å². The number of carbonyl (C=O) groups excluding carboxylic acids is 1. The highest BCUT2D eigenvalue weighted by Crippen LogP contribution is 2.39. The summed E-state index contributed by atoms with van der Waals surface area (Å²) < 4.78 is 16.4. The van der Waals surface area contributed by atoms with E-state index in [0.29, 0.717) is 24.7 Å². The van der Waals surface area contributed by atoms with E-state index < -0.39 is 6.04 Å². The molecule has 0 saturated carbocycles. The summed E-state index contributed by atoms with van der Waals surface area (Å²) in [5.41, 5.74) is 6.76. The van der Waals surface area contributed by atoms with Crippen LogP contribution in [0.3, 0.4) is 0 Å². The van der Waals surface area contributed by atoms with Crippen molar-refractivity contribution < 1.29 is 19.0 Å². The second-order valence-corrected chi connectivity index (χ2v) is 4.77. The smallest absolute Gasteiger partial charge is 0.307 e. The molecular formula is C12H14BrNO4. The Hall–Kier alpha value is -1.27. The summed E-state index contributed by atoms with van der Waals surface area (Å²) >= 11 is 3.41. The molecule has 5 nitrogen and oxygen atoms in total. The quantitative estimate of drug-likeness (QED) is 0.861. The van der Waals surface area contributed by atoms with E-state index in [1.54, 1.807) is 6.07 Å². The van der Waals surface area contributed by atoms with Crippen LogP contribution in [-0.2, 0) is 9.53 Å². The van der Waals surface area contributed by atoms with Gasteiger partial charge in [-0.2, -0.15) is 0 Å². The number of halogens is 1. The molecule has 0 aliphatic carbocycles. The summed E-state index contributed by atoms with van der Waals surface area (Å²) in [6.45, 7) is 1.04. The van der Waals surface area contributed by atoms with E-state index in [4.69, 9.17) is 15.2 Å². The molecule has 1 unspecified atom stereocenters. The Bertz CT molecular complexity index is 464. The Morgan fingerprint density at radius 3 is 2.94 bits per heavy atom. The van der Waals surface area contributed by atoms with Gasteiger partial charge in [0, 0.05) is 6.04 Å². The summed E-state index contributed by atoms with van der Waals surface area (Å²) in [4.78, 5) is 11.2. The van der Waals surface area contributed by atoms with E-state index in [0.717, 1.165) is 10.0 Å². The van der Waals surface area contributed by atoms with Crippen molar-refractivity contribution in [2.24, 2.45) is 5.73 Å². The van der Waals surface area contributed by atoms with Gasteiger partial charge >= 0.3 is 5.97 Å². The molecule has 1 atom stereocenters. The first-order valence-corrected chi connectivity index (χ1v) is 6.32. The van der Waals surface area contributed by atoms with E-state index in [1.165, 1.54) is 7.11 Å². The topological polar surface area (TPSA) is 70.8 Å². The molecule has 0 bridgehead atoms. The third-order valence-corrected chi connectivity index (χ3v) is 3.25. The molecule has 0 spiro atoms. The van der Waals surface area contributed by atoms with Gasteiger partial charge in [0.1, 0.15) is 13.2 Å². The molecule has 2 N–H and O–H groups in total. The largest absolute Gasteiger partial charge is 0.486 e. The molecule has 0 saturated heterocycles. The summed E-state index contributed by atoms with van der Waals surface area (Å²) in [5, 5.41) is 0. The van der Waals surface area contributed by atoms with Crippen molar-refractivity contribution in [3.63, 3.8) is 0 Å². The fraction of sp³-hybridized carbons (Fsp3) is 0.417. The van der Waals surface area contributed by atoms with Gasteiger partial charge in [-0.15, -0.1) is 0 Å². The van der Waals surface area contributed by atoms with Crippen LogP contribution >= 0.6 is 15.9 Å². The molecule has 0 amide bonds. The standard InChI is InChI=1S/C12H14BrNO4/c1-16-11(15)6-9(14)7-4-8(13)12-10(5-7)17-2-3-18-12/h4-5,9H,2-3,6,14H2,1H3. The maximum absolute atomic E-state index is 11.2. The maximum atomic E-state index is 11.2. The number of fused-ring (bicyclic) bond motifs is 1. The molecule has 6 heteroatoms. The normalized spacial score (nSPS) is 15.1. The van der Waals surface area contributed by atoms with Crippen molar-refractivity contribution in [3.8, 4) is 11.5 Å². The predicted molar refractivity (Wildman–Crippen MR) is 68.7 cm³/mol. The number of methoxy groups -OCH3 is 1. The molecule has 1 heterocycles. The predicted octanol–water partition coefficient (Wildman–Crippen LogP) is 1.78. The molecule has 98 valence electrons. The second kappa shape index (κ2) is 5.58. The van der Waals surface area contributed by atoms with Gasteiger partial charge in [0.2, 0.25) is 0 Å². The van der Waals surface area contributed by atoms with Crippen LogP contribution in [0.15, 0.2) is 16.6 Å². The second-order valence-electron chi connectivity index (χ2n) is 3.91. The number of esters is 1. The van der Waals surface area contributed by atoms with Crippen LogP contribution in [0.4, 0.5) is 0 Å². The molecule has 0 fully saturated rings. The molecule has 1 aromatic rings. The minimum Gasteiger partial charge on any atom is -0.486 e. The van der Waals surface area contributed by atoms with Crippen molar-refractivity contribution in [3.05, 3.63) is 22.2 Å². The summed E-state index contributed by atoms with van der Waals surface area (Å²) in [7, 11) is 1.34. The van der Waals surface area contributed by atoms with Gasteiger partial charge in [-0.05, 0) is 33.6 Å². The SMILES string of the molecule is COC(=O)CC(N)c1cc(Br)c2c(c1)OCCO2. The van der Waals surface area contributed by atoms with E-state index >= 15 is 0 Å². The maximum Gasteiger partial charge on any atom is 0.307 e. The van der Waals surface area contributed by atoms with Gasteiger partial charge in [0.05, 0.1) is 18.0 Å². The summed E-state index contributed by atoms with van der Waals surface area (Å²) in [6, 6.07) is 3.21. The summed E-state index contributed by atoms with van der Waals surface area (Å²) in [6.07, 6.45) is 0.128. The number of hydrogen-bond acceptors (Lipinski definition) is 5. The average Bonchev–Trinajstić information content (AvgIpc) is 2.38. The van der Waals surface area contributed by atoms with E-state index in [1.807, 2.05) is 6.07 Å². The molecular weight excluding hydrogens is 302 g/mol. The Labute approximate surface area is 113 Å². The lowest BCUT2D eigenvalue weighted by atomic mass is 10.0. The zero-order chi connectivity index (χ0) is 13.1. The van der Waals surface area contributed by atoms with Crippen LogP contribution < -0.4 is 15.2 Å². The monoisotopic (exact) mass is 315 g/mol. The van der Waals surface area contributed by atoms with Crippen LogP contribution in [0.5, 0.6) is 11.5 Å². The fourth-order valence-corrected chi connectivity index (χ4v) is 2.30. The van der Waals surface area contributed by atoms with Crippen molar-refractivity contribution in [2.45, 2.75) is 12.5 Å². The molecule has 1 aromatic carbocycles. The van der Waals surface area contributed by atoms with E-state index in [9.17, 15) is 4.79 Å². The summed E-state index contributed by atoms with van der Waals surface area (Å²) in [5.74, 6) is 0.981. The minimum atomic E-state index is -0.426. The van der Waals surface area contributed by atoms with Gasteiger partial charge in [-0.25, -0.2) is 0 Å². The first-order valence-electron chi connectivity index (χ1n) is 5.53. The minimum absolute atomic E-state index is 0.128. The number of rotatable bonds is 3. The molecule has 0 aromatic heterocycles. The van der Waals surface area contributed by atoms with Crippen LogP contribution in [-0.4, -0.2) is 26.3 Å². The van der Waals surface area contributed by atoms with Gasteiger partial charge in [0.15, 0.2) is 11.5 Å². The lowest BCUT2D eigenvalue weighted by Gasteiger charge is -2.21. The third-order valence-electron chi connectivity index (χ3n) is 2.66. The molecule has 18 heavy (non-hydrogen) atoms. The first kappa shape index (κ1) is 13.2. The van der Waals surface area contributed by atoms with Crippen molar-refractivity contribution >= 4 is 21.9 Å². The number of carbonyl (C=O) groups is 1. The average molecular weight is 316 g/mol. The third kappa shape index (κ3) is 2.76. The van der Waals surface area contributed by atoms with E-state index in [-0.39, 0.29) is 12.4 Å². The Kier molecular flexibility index (Phi) is 4.08. The highest BCUT2D eigenvalue weighted by Gasteiger charge is 2.20. The van der Waals surface area contributed by atoms with Gasteiger partial charge in [-0.3, -0.25) is 4.79 Å². The lowest BCUT2D eigenvalue weighted by molar-refractivity contribution is -0.141. The van der Waals surface area contributed by atoms with Crippen molar-refractivity contribution in [1.29, 1.82) is 0 Å². The molecule has 1 aliphatic rings. The number of nitrogens with two attached hydrogens (primary N) is 1. The Morgan fingerprint density at radius 2 is 2.22 bits per heavy atom. The van der Waals surface area contributed by atoms with Crippen LogP contribution in [0.25, 0.3) is 0 Å². The number of benzene rings is 1. The Morgan fingerprint density at radius 1 is 1.50 bits per heavy atom. The number of hydrogen-bond donors (Lipinski definition) is 1. The zero-order valence-electron chi connectivity index (χ0n) is 9.94.